The first-order valence-electron chi connectivity index (χ1n) is 38.2. The highest BCUT2D eigenvalue weighted by Gasteiger charge is 2.30. The molecule has 17 nitrogen and oxygen atoms in total. The van der Waals surface area contributed by atoms with E-state index >= 15 is 0 Å². The van der Waals surface area contributed by atoms with Crippen LogP contribution in [0.2, 0.25) is 0 Å². The van der Waals surface area contributed by atoms with Gasteiger partial charge < -0.3 is 33.8 Å². The Morgan fingerprint density at radius 2 is 0.452 bits per heavy atom. The van der Waals surface area contributed by atoms with Crippen LogP contribution in [0, 0.1) is 23.7 Å². The number of carbonyl (C=O) groups excluding carboxylic acids is 4. The van der Waals surface area contributed by atoms with Crippen LogP contribution in [-0.2, 0) is 65.4 Å². The van der Waals surface area contributed by atoms with Crippen LogP contribution in [0.4, 0.5) is 0 Å². The number of rotatable bonds is 71. The molecule has 0 heterocycles. The second-order valence-electron chi connectivity index (χ2n) is 28.6. The van der Waals surface area contributed by atoms with Crippen molar-refractivity contribution in [2.75, 3.05) is 39.6 Å². The maximum Gasteiger partial charge on any atom is 0.472 e. The molecule has 5 atom stereocenters. The molecule has 19 heteroatoms. The lowest BCUT2D eigenvalue weighted by atomic mass is 10.0. The van der Waals surface area contributed by atoms with Gasteiger partial charge in [0.15, 0.2) is 12.2 Å². The first-order chi connectivity index (χ1) is 44.6. The molecule has 0 aromatic carbocycles. The average Bonchev–Trinajstić information content (AvgIpc) is 1.97. The predicted molar refractivity (Wildman–Crippen MR) is 377 cm³/mol. The van der Waals surface area contributed by atoms with Crippen molar-refractivity contribution < 1.29 is 80.2 Å². The summed E-state index contributed by atoms with van der Waals surface area (Å²) >= 11 is 0. The summed E-state index contributed by atoms with van der Waals surface area (Å²) in [5, 5.41) is 10.6. The molecule has 0 bridgehead atoms. The van der Waals surface area contributed by atoms with Crippen LogP contribution in [0.15, 0.2) is 0 Å². The zero-order valence-corrected chi connectivity index (χ0v) is 62.7. The zero-order valence-electron chi connectivity index (χ0n) is 60.9. The first kappa shape index (κ1) is 91.1. The summed E-state index contributed by atoms with van der Waals surface area (Å²) in [5.41, 5.74) is 0. The summed E-state index contributed by atoms with van der Waals surface area (Å²) in [7, 11) is -9.91. The SMILES string of the molecule is CC(C)CCCCCCCCCCCCCCCC(=O)O[C@H](COC(=O)CCCCCCCCCCCCCCC(C)C)COP(=O)(O)OCC(O)COP(=O)(O)OC[C@@H](COC(=O)CCCCCCCCCC(C)C)OC(=O)CCCCCCCCCCCC(C)C. The van der Waals surface area contributed by atoms with Crippen LogP contribution in [0.25, 0.3) is 0 Å². The van der Waals surface area contributed by atoms with Crippen LogP contribution >= 0.6 is 15.6 Å². The quantitative estimate of drug-likeness (QED) is 0.0222. The standard InChI is InChI=1S/C74H144O17P2/c1-64(2)50-42-34-26-19-14-10-9-11-17-23-31-40-48-56-73(78)90-69(60-84-71(76)54-46-38-30-22-16-13-12-15-20-27-35-43-51-65(3)4)62-88-92(80,81)86-58-68(75)59-87-93(82,83)89-63-70(61-85-72(77)55-47-39-33-25-29-37-45-53-67(7)8)91-74(79)57-49-41-32-24-18-21-28-36-44-52-66(5)6/h64-70,75H,9-63H2,1-8H3,(H,80,81)(H,82,83)/t68?,69-,70-/m1/s1. The molecule has 0 aliphatic rings. The van der Waals surface area contributed by atoms with E-state index in [1.54, 1.807) is 0 Å². The molecule has 0 aliphatic carbocycles. The molecule has 3 unspecified atom stereocenters. The van der Waals surface area contributed by atoms with Gasteiger partial charge in [-0.05, 0) is 49.4 Å². The fourth-order valence-electron chi connectivity index (χ4n) is 11.2. The molecule has 0 saturated heterocycles. The van der Waals surface area contributed by atoms with E-state index in [2.05, 4.69) is 55.4 Å². The van der Waals surface area contributed by atoms with Gasteiger partial charge in [0.05, 0.1) is 26.4 Å². The van der Waals surface area contributed by atoms with Crippen LogP contribution in [0.5, 0.6) is 0 Å². The molecule has 0 saturated carbocycles. The molecule has 552 valence electrons. The van der Waals surface area contributed by atoms with E-state index in [9.17, 15) is 43.2 Å². The van der Waals surface area contributed by atoms with Crippen LogP contribution < -0.4 is 0 Å². The van der Waals surface area contributed by atoms with E-state index in [1.807, 2.05) is 0 Å². The number of hydrogen-bond donors (Lipinski definition) is 3. The molecule has 0 aliphatic heterocycles. The number of aliphatic hydroxyl groups excluding tert-OH is 1. The second kappa shape index (κ2) is 63.5. The molecule has 0 amide bonds. The van der Waals surface area contributed by atoms with Crippen molar-refractivity contribution in [2.45, 2.75) is 388 Å². The third kappa shape index (κ3) is 68.4. The average molecular weight is 1370 g/mol. The van der Waals surface area contributed by atoms with Gasteiger partial charge in [-0.3, -0.25) is 37.3 Å². The fourth-order valence-corrected chi connectivity index (χ4v) is 12.8. The number of hydrogen-bond acceptors (Lipinski definition) is 15. The van der Waals surface area contributed by atoms with Gasteiger partial charge in [-0.25, -0.2) is 9.13 Å². The third-order valence-corrected chi connectivity index (χ3v) is 19.0. The van der Waals surface area contributed by atoms with Crippen molar-refractivity contribution in [2.24, 2.45) is 23.7 Å². The van der Waals surface area contributed by atoms with Crippen LogP contribution in [0.3, 0.4) is 0 Å². The minimum Gasteiger partial charge on any atom is -0.462 e. The summed E-state index contributed by atoms with van der Waals surface area (Å²) in [5.74, 6) is 0.886. The summed E-state index contributed by atoms with van der Waals surface area (Å²) < 4.78 is 68.4. The van der Waals surface area contributed by atoms with Crippen molar-refractivity contribution in [1.82, 2.24) is 0 Å². The molecular formula is C74H144O17P2. The maximum absolute atomic E-state index is 13.1. The largest absolute Gasteiger partial charge is 0.472 e. The van der Waals surface area contributed by atoms with Gasteiger partial charge in [0.1, 0.15) is 19.3 Å². The van der Waals surface area contributed by atoms with Gasteiger partial charge in [0.25, 0.3) is 0 Å². The normalized spacial score (nSPS) is 14.2. The minimum atomic E-state index is -4.96. The van der Waals surface area contributed by atoms with Crippen LogP contribution in [0.1, 0.15) is 370 Å². The van der Waals surface area contributed by atoms with Gasteiger partial charge in [0.2, 0.25) is 0 Å². The van der Waals surface area contributed by atoms with Gasteiger partial charge in [-0.15, -0.1) is 0 Å². The van der Waals surface area contributed by atoms with E-state index in [0.717, 1.165) is 114 Å². The number of carbonyl (C=O) groups is 4. The van der Waals surface area contributed by atoms with Gasteiger partial charge in [-0.2, -0.15) is 0 Å². The lowest BCUT2D eigenvalue weighted by molar-refractivity contribution is -0.161. The Morgan fingerprint density at radius 1 is 0.269 bits per heavy atom. The van der Waals surface area contributed by atoms with Crippen molar-refractivity contribution in [3.05, 3.63) is 0 Å². The fraction of sp³-hybridized carbons (Fsp3) is 0.946. The Hall–Kier alpha value is -1.94. The molecule has 0 fully saturated rings. The zero-order chi connectivity index (χ0) is 68.9. The predicted octanol–water partition coefficient (Wildman–Crippen LogP) is 21.3. The monoisotopic (exact) mass is 1370 g/mol. The Bertz CT molecular complexity index is 1830. The number of ether oxygens (including phenoxy) is 4. The molecule has 93 heavy (non-hydrogen) atoms. The smallest absolute Gasteiger partial charge is 0.462 e. The number of aliphatic hydroxyl groups is 1. The topological polar surface area (TPSA) is 237 Å². The van der Waals surface area contributed by atoms with Crippen LogP contribution in [-0.4, -0.2) is 96.7 Å². The summed E-state index contributed by atoms with van der Waals surface area (Å²) in [6.07, 6.45) is 47.2. The number of phosphoric acid groups is 2. The number of esters is 4. The molecule has 0 aromatic rings. The Labute approximate surface area is 568 Å². The highest BCUT2D eigenvalue weighted by molar-refractivity contribution is 7.47. The van der Waals surface area contributed by atoms with Crippen molar-refractivity contribution >= 4 is 39.5 Å². The van der Waals surface area contributed by atoms with Gasteiger partial charge in [0, 0.05) is 25.7 Å². The molecule has 0 spiro atoms. The van der Waals surface area contributed by atoms with Gasteiger partial charge >= 0.3 is 39.5 Å². The second-order valence-corrected chi connectivity index (χ2v) is 31.5. The van der Waals surface area contributed by atoms with E-state index in [-0.39, 0.29) is 25.7 Å². The Kier molecular flexibility index (Phi) is 62.2. The molecule has 0 radical (unpaired) electrons. The summed E-state index contributed by atoms with van der Waals surface area (Å²) in [4.78, 5) is 72.7. The first-order valence-corrected chi connectivity index (χ1v) is 41.2. The number of phosphoric ester groups is 2. The van der Waals surface area contributed by atoms with Gasteiger partial charge in [-0.1, -0.05) is 319 Å². The summed E-state index contributed by atoms with van der Waals surface area (Å²) in [6.45, 7) is 14.1. The molecular weight excluding hydrogens is 1220 g/mol. The Balaban J connectivity index is 5.26. The number of unbranched alkanes of at least 4 members (excludes halogenated alkanes) is 37. The lowest BCUT2D eigenvalue weighted by Crippen LogP contribution is -2.30. The van der Waals surface area contributed by atoms with E-state index in [0.29, 0.717) is 31.6 Å². The van der Waals surface area contributed by atoms with Crippen molar-refractivity contribution in [1.29, 1.82) is 0 Å². The molecule has 0 rings (SSSR count). The molecule has 3 N–H and O–H groups in total. The van der Waals surface area contributed by atoms with E-state index in [1.165, 1.54) is 167 Å². The maximum atomic E-state index is 13.1. The van der Waals surface area contributed by atoms with Crippen molar-refractivity contribution in [3.63, 3.8) is 0 Å². The molecule has 0 aromatic heterocycles. The lowest BCUT2D eigenvalue weighted by Gasteiger charge is -2.21. The third-order valence-electron chi connectivity index (χ3n) is 17.1. The van der Waals surface area contributed by atoms with E-state index < -0.39 is 97.5 Å². The Morgan fingerprint density at radius 3 is 0.667 bits per heavy atom. The summed E-state index contributed by atoms with van der Waals surface area (Å²) in [6, 6.07) is 0. The highest BCUT2D eigenvalue weighted by Crippen LogP contribution is 2.45. The minimum absolute atomic E-state index is 0.104. The van der Waals surface area contributed by atoms with Crippen molar-refractivity contribution in [3.8, 4) is 0 Å². The van der Waals surface area contributed by atoms with E-state index in [4.69, 9.17) is 37.0 Å². The highest BCUT2D eigenvalue weighted by atomic mass is 31.2.